The van der Waals surface area contributed by atoms with Crippen molar-refractivity contribution >= 4 is 59.0 Å². The Morgan fingerprint density at radius 3 is 2.33 bits per heavy atom. The lowest BCUT2D eigenvalue weighted by atomic mass is 9.91. The Balaban J connectivity index is 0.00000461. The van der Waals surface area contributed by atoms with Crippen molar-refractivity contribution in [3.8, 4) is 11.5 Å². The molecule has 11 heteroatoms. The van der Waals surface area contributed by atoms with Gasteiger partial charge in [0.25, 0.3) is 5.91 Å². The Morgan fingerprint density at radius 2 is 1.64 bits per heavy atom. The van der Waals surface area contributed by atoms with Crippen molar-refractivity contribution in [2.45, 2.75) is 58.7 Å². The number of carbonyl (C=O) groups excluding carboxylic acids is 2. The van der Waals surface area contributed by atoms with Gasteiger partial charge in [-0.2, -0.15) is 0 Å². The number of hydrogen-bond acceptors (Lipinski definition) is 5. The summed E-state index contributed by atoms with van der Waals surface area (Å²) >= 11 is 19.0. The van der Waals surface area contributed by atoms with E-state index in [4.69, 9.17) is 44.3 Å². The summed E-state index contributed by atoms with van der Waals surface area (Å²) < 4.78 is 11.5. The van der Waals surface area contributed by atoms with Gasteiger partial charge in [-0.25, -0.2) is 0 Å². The average molecular weight is 696 g/mol. The first-order valence-corrected chi connectivity index (χ1v) is 16.1. The Labute approximate surface area is 286 Å². The molecule has 1 aliphatic heterocycles. The smallest absolute Gasteiger partial charge is 0.253 e. The minimum atomic E-state index is -0.365. The van der Waals surface area contributed by atoms with Crippen molar-refractivity contribution in [1.82, 2.24) is 15.5 Å². The summed E-state index contributed by atoms with van der Waals surface area (Å²) in [6.45, 7) is 8.36. The third-order valence-electron chi connectivity index (χ3n) is 8.37. The van der Waals surface area contributed by atoms with Gasteiger partial charge in [0.2, 0.25) is 5.91 Å². The van der Waals surface area contributed by atoms with Crippen molar-refractivity contribution in [2.24, 2.45) is 5.92 Å². The zero-order chi connectivity index (χ0) is 31.4. The summed E-state index contributed by atoms with van der Waals surface area (Å²) in [5, 5.41) is 7.60. The molecule has 1 saturated carbocycles. The van der Waals surface area contributed by atoms with Gasteiger partial charge in [0.1, 0.15) is 19.0 Å². The molecule has 3 aromatic carbocycles. The maximum Gasteiger partial charge on any atom is 0.253 e. The van der Waals surface area contributed by atoms with Gasteiger partial charge >= 0.3 is 0 Å². The highest BCUT2D eigenvalue weighted by atomic mass is 35.5. The van der Waals surface area contributed by atoms with E-state index in [9.17, 15) is 9.59 Å². The topological polar surface area (TPSA) is 79.9 Å². The molecule has 2 fully saturated rings. The van der Waals surface area contributed by atoms with Gasteiger partial charge in [-0.3, -0.25) is 9.59 Å². The molecule has 1 saturated heterocycles. The van der Waals surface area contributed by atoms with E-state index in [1.54, 1.807) is 30.3 Å². The van der Waals surface area contributed by atoms with Crippen LogP contribution in [-0.4, -0.2) is 55.1 Å². The lowest BCUT2D eigenvalue weighted by molar-refractivity contribution is -0.138. The second kappa shape index (κ2) is 15.7. The molecule has 0 spiro atoms. The molecule has 5 rings (SSSR count). The predicted molar refractivity (Wildman–Crippen MR) is 183 cm³/mol. The number of nitrogens with one attached hydrogen (secondary N) is 2. The molecule has 0 radical (unpaired) electrons. The van der Waals surface area contributed by atoms with Crippen molar-refractivity contribution in [2.75, 3.05) is 26.3 Å². The van der Waals surface area contributed by atoms with E-state index in [0.717, 1.165) is 30.5 Å². The molecule has 0 aromatic heterocycles. The van der Waals surface area contributed by atoms with Gasteiger partial charge in [0.05, 0.1) is 26.5 Å². The molecule has 45 heavy (non-hydrogen) atoms. The number of piperidine rings is 1. The van der Waals surface area contributed by atoms with E-state index < -0.39 is 0 Å². The minimum absolute atomic E-state index is 0. The minimum Gasteiger partial charge on any atom is -0.490 e. The van der Waals surface area contributed by atoms with Crippen molar-refractivity contribution in [3.63, 3.8) is 0 Å². The summed E-state index contributed by atoms with van der Waals surface area (Å²) in [7, 11) is 0. The van der Waals surface area contributed by atoms with Crippen LogP contribution in [0.25, 0.3) is 0 Å². The van der Waals surface area contributed by atoms with Crippen molar-refractivity contribution in [1.29, 1.82) is 0 Å². The van der Waals surface area contributed by atoms with Gasteiger partial charge in [0, 0.05) is 25.2 Å². The quantitative estimate of drug-likeness (QED) is 0.205. The number of carbonyl (C=O) groups is 2. The molecule has 7 nitrogen and oxygen atoms in total. The fourth-order valence-electron chi connectivity index (χ4n) is 5.59. The second-order valence-electron chi connectivity index (χ2n) is 11.6. The molecule has 2 unspecified atom stereocenters. The number of benzene rings is 3. The highest BCUT2D eigenvalue weighted by Crippen LogP contribution is 2.34. The van der Waals surface area contributed by atoms with E-state index in [-0.39, 0.29) is 60.5 Å². The molecule has 1 heterocycles. The number of halogens is 4. The molecule has 2 N–H and O–H groups in total. The molecular weight excluding hydrogens is 656 g/mol. The van der Waals surface area contributed by atoms with Crippen molar-refractivity contribution in [3.05, 3.63) is 91.4 Å². The second-order valence-corrected chi connectivity index (χ2v) is 12.9. The van der Waals surface area contributed by atoms with Crippen LogP contribution in [0, 0.1) is 26.7 Å². The van der Waals surface area contributed by atoms with E-state index in [2.05, 4.69) is 36.6 Å². The van der Waals surface area contributed by atoms with E-state index >= 15 is 0 Å². The summed E-state index contributed by atoms with van der Waals surface area (Å²) in [4.78, 5) is 29.4. The summed E-state index contributed by atoms with van der Waals surface area (Å²) in [6.07, 6.45) is 2.67. The summed E-state index contributed by atoms with van der Waals surface area (Å²) in [6, 6.07) is 14.7. The highest BCUT2D eigenvalue weighted by Gasteiger charge is 2.40. The molecule has 3 aromatic rings. The maximum absolute atomic E-state index is 14.0. The first kappa shape index (κ1) is 35.2. The largest absolute Gasteiger partial charge is 0.490 e. The van der Waals surface area contributed by atoms with Gasteiger partial charge in [0.15, 0.2) is 5.75 Å². The van der Waals surface area contributed by atoms with Crippen LogP contribution in [0.15, 0.2) is 48.5 Å². The van der Waals surface area contributed by atoms with E-state index in [1.165, 1.54) is 11.1 Å². The Kier molecular flexibility index (Phi) is 12.3. The first-order chi connectivity index (χ1) is 21.1. The first-order valence-electron chi connectivity index (χ1n) is 15.0. The van der Waals surface area contributed by atoms with Crippen LogP contribution in [0.3, 0.4) is 0 Å². The molecule has 0 bridgehead atoms. The van der Waals surface area contributed by atoms with Crippen LogP contribution in [0.2, 0.25) is 15.1 Å². The lowest BCUT2D eigenvalue weighted by Crippen LogP contribution is -2.55. The van der Waals surface area contributed by atoms with Crippen LogP contribution < -0.4 is 20.1 Å². The zero-order valence-corrected chi connectivity index (χ0v) is 28.7. The fourth-order valence-corrected chi connectivity index (χ4v) is 6.55. The molecular formula is C34H39Cl4N3O4. The predicted octanol–water partition coefficient (Wildman–Crippen LogP) is 7.35. The standard InChI is InChI=1S/C34H38Cl3N3O4.ClH/c1-20-15-29(36)32(30(37)16-20)44-14-13-43-25-9-10-26(28(35)17-25)33(41)39-31-11-12-38-18-27(31)34(42)40(24-7-8-24)19-23-6-4-5-21(2)22(23)3;/h4-6,9-10,15-17,24,27,31,38H,7-8,11-14,18-19H2,1-3H3,(H,39,41);1H. The number of amides is 2. The summed E-state index contributed by atoms with van der Waals surface area (Å²) in [5.74, 6) is 0.308. The number of ether oxygens (including phenoxy) is 2. The monoisotopic (exact) mass is 693 g/mol. The maximum atomic E-state index is 14.0. The highest BCUT2D eigenvalue weighted by molar-refractivity contribution is 6.37. The normalized spacial score (nSPS) is 17.6. The third kappa shape index (κ3) is 8.78. The van der Waals surface area contributed by atoms with Crippen LogP contribution >= 0.6 is 47.2 Å². The Hall–Kier alpha value is -2.68. The Bertz CT molecular complexity index is 1510. The van der Waals surface area contributed by atoms with Gasteiger partial charge < -0.3 is 25.0 Å². The van der Waals surface area contributed by atoms with Crippen LogP contribution in [0.5, 0.6) is 11.5 Å². The average Bonchev–Trinajstić information content (AvgIpc) is 3.82. The number of hydrogen-bond donors (Lipinski definition) is 2. The lowest BCUT2D eigenvalue weighted by Gasteiger charge is -2.36. The number of nitrogens with zero attached hydrogens (tertiary/aromatic N) is 1. The van der Waals surface area contributed by atoms with E-state index in [1.807, 2.05) is 17.9 Å². The van der Waals surface area contributed by atoms with Crippen LogP contribution in [-0.2, 0) is 11.3 Å². The van der Waals surface area contributed by atoms with Crippen molar-refractivity contribution < 1.29 is 19.1 Å². The Morgan fingerprint density at radius 1 is 0.933 bits per heavy atom. The zero-order valence-electron chi connectivity index (χ0n) is 25.6. The SMILES string of the molecule is Cc1cc(Cl)c(OCCOc2ccc(C(=O)NC3CCNCC3C(=O)N(Cc3cccc(C)c3C)C3CC3)c(Cl)c2)c(Cl)c1.Cl. The number of aryl methyl sites for hydroxylation is 2. The van der Waals surface area contributed by atoms with Gasteiger partial charge in [-0.15, -0.1) is 12.4 Å². The molecule has 2 amide bonds. The van der Waals surface area contributed by atoms with Crippen LogP contribution in [0.4, 0.5) is 0 Å². The van der Waals surface area contributed by atoms with Gasteiger partial charge in [-0.1, -0.05) is 53.0 Å². The fraction of sp³-hybridized carbons (Fsp3) is 0.412. The van der Waals surface area contributed by atoms with Crippen LogP contribution in [0.1, 0.15) is 51.9 Å². The molecule has 242 valence electrons. The number of rotatable bonds is 11. The summed E-state index contributed by atoms with van der Waals surface area (Å²) in [5.41, 5.74) is 4.87. The molecule has 1 aliphatic carbocycles. The molecule has 2 atom stereocenters. The molecule has 2 aliphatic rings. The van der Waals surface area contributed by atoms with Gasteiger partial charge in [-0.05, 0) is 99.2 Å². The van der Waals surface area contributed by atoms with E-state index in [0.29, 0.717) is 46.6 Å². The third-order valence-corrected chi connectivity index (χ3v) is 9.24.